The van der Waals surface area contributed by atoms with Crippen LogP contribution in [0.15, 0.2) is 42.5 Å². The Kier molecular flexibility index (Phi) is 19.1. The van der Waals surface area contributed by atoms with Gasteiger partial charge in [0, 0.05) is 24.9 Å². The largest absolute Gasteiger partial charge is 0.456 e. The summed E-state index contributed by atoms with van der Waals surface area (Å²) in [4.78, 5) is 20.7. The zero-order valence-corrected chi connectivity index (χ0v) is 20.7. The van der Waals surface area contributed by atoms with E-state index in [1.807, 2.05) is 58.9 Å². The average Bonchev–Trinajstić information content (AvgIpc) is 2.72. The molecule has 2 aromatic rings. The summed E-state index contributed by atoms with van der Waals surface area (Å²) in [5.41, 5.74) is 1.19. The Labute approximate surface area is 191 Å². The minimum atomic E-state index is -0.0384. The van der Waals surface area contributed by atoms with Crippen LogP contribution in [0.5, 0.6) is 11.5 Å². The summed E-state index contributed by atoms with van der Waals surface area (Å²) in [6.07, 6.45) is 1.30. The van der Waals surface area contributed by atoms with Gasteiger partial charge >= 0.3 is 0 Å². The predicted molar refractivity (Wildman–Crippen MR) is 129 cm³/mol. The van der Waals surface area contributed by atoms with Crippen LogP contribution in [0.4, 0.5) is 0 Å². The van der Waals surface area contributed by atoms with Crippen LogP contribution in [0.25, 0.3) is 0 Å². The monoisotopic (exact) mass is 455 g/mol. The first-order chi connectivity index (χ1) is 14.3. The summed E-state index contributed by atoms with van der Waals surface area (Å²) < 4.78 is 5.63. The van der Waals surface area contributed by atoms with Crippen molar-refractivity contribution in [3.05, 3.63) is 58.1 Å². The Bertz CT molecular complexity index is 716. The van der Waals surface area contributed by atoms with Gasteiger partial charge in [0.2, 0.25) is 5.91 Å². The van der Waals surface area contributed by atoms with Gasteiger partial charge in [-0.15, -0.1) is 0 Å². The second kappa shape index (κ2) is 19.0. The van der Waals surface area contributed by atoms with E-state index in [-0.39, 0.29) is 11.7 Å². The number of hydrogen-bond acceptors (Lipinski definition) is 3. The van der Waals surface area contributed by atoms with Crippen molar-refractivity contribution in [3.63, 3.8) is 0 Å². The lowest BCUT2D eigenvalue weighted by Crippen LogP contribution is -2.21. The van der Waals surface area contributed by atoms with Gasteiger partial charge in [-0.1, -0.05) is 68.6 Å². The zero-order valence-electron chi connectivity index (χ0n) is 19.1. The number of benzene rings is 2. The summed E-state index contributed by atoms with van der Waals surface area (Å²) in [7, 11) is 0. The molecule has 0 bridgehead atoms. The van der Waals surface area contributed by atoms with Gasteiger partial charge in [-0.2, -0.15) is 0 Å². The van der Waals surface area contributed by atoms with Crippen LogP contribution in [0.1, 0.15) is 59.9 Å². The molecule has 30 heavy (non-hydrogen) atoms. The first kappa shape index (κ1) is 30.2. The van der Waals surface area contributed by atoms with Crippen LogP contribution in [0.2, 0.25) is 10.0 Å². The molecule has 2 rings (SSSR count). The minimum Gasteiger partial charge on any atom is -0.456 e. The summed E-state index contributed by atoms with van der Waals surface area (Å²) in [5, 5.41) is 3.72. The molecule has 2 aromatic carbocycles. The zero-order chi connectivity index (χ0) is 23.5. The lowest BCUT2D eigenvalue weighted by atomic mass is 10.2. The molecule has 0 aliphatic heterocycles. The predicted octanol–water partition coefficient (Wildman–Crippen LogP) is 7.64. The van der Waals surface area contributed by atoms with E-state index >= 15 is 0 Å². The number of ketones is 1. The van der Waals surface area contributed by atoms with Crippen LogP contribution in [-0.4, -0.2) is 18.2 Å². The maximum Gasteiger partial charge on any atom is 0.216 e. The number of amides is 1. The number of aryl methyl sites for hydroxylation is 1. The molecule has 0 heterocycles. The molecular weight excluding hydrogens is 421 g/mol. The second-order valence-electron chi connectivity index (χ2n) is 5.78. The Morgan fingerprint density at radius 2 is 1.50 bits per heavy atom. The molecule has 0 aromatic heterocycles. The summed E-state index contributed by atoms with van der Waals surface area (Å²) in [6.45, 7) is 13.6. The Morgan fingerprint density at radius 1 is 0.933 bits per heavy atom. The van der Waals surface area contributed by atoms with Crippen molar-refractivity contribution < 1.29 is 14.3 Å². The Balaban J connectivity index is 0. The number of rotatable bonds is 6. The first-order valence-electron chi connectivity index (χ1n) is 10.2. The molecule has 0 fully saturated rings. The van der Waals surface area contributed by atoms with Crippen LogP contribution in [0, 0.1) is 6.92 Å². The van der Waals surface area contributed by atoms with Crippen molar-refractivity contribution in [2.24, 2.45) is 0 Å². The topological polar surface area (TPSA) is 55.4 Å². The van der Waals surface area contributed by atoms with Crippen LogP contribution >= 0.6 is 23.2 Å². The van der Waals surface area contributed by atoms with Crippen LogP contribution in [0.3, 0.4) is 0 Å². The third kappa shape index (κ3) is 15.8. The van der Waals surface area contributed by atoms with Crippen molar-refractivity contribution in [3.8, 4) is 11.5 Å². The lowest BCUT2D eigenvalue weighted by Gasteiger charge is -2.07. The fourth-order valence-electron chi connectivity index (χ4n) is 1.89. The van der Waals surface area contributed by atoms with E-state index in [9.17, 15) is 9.59 Å². The van der Waals surface area contributed by atoms with Gasteiger partial charge < -0.3 is 14.8 Å². The molecule has 0 unspecified atom stereocenters. The van der Waals surface area contributed by atoms with Gasteiger partial charge in [0.05, 0.1) is 5.02 Å². The van der Waals surface area contributed by atoms with Crippen molar-refractivity contribution >= 4 is 34.9 Å². The molecule has 0 spiro atoms. The summed E-state index contributed by atoms with van der Waals surface area (Å²) >= 11 is 11.8. The van der Waals surface area contributed by atoms with Crippen LogP contribution in [-0.2, 0) is 9.59 Å². The summed E-state index contributed by atoms with van der Waals surface area (Å²) in [6, 6.07) is 12.9. The van der Waals surface area contributed by atoms with Crippen molar-refractivity contribution in [2.45, 2.75) is 61.3 Å². The van der Waals surface area contributed by atoms with E-state index in [0.29, 0.717) is 28.8 Å². The SMILES string of the molecule is CC.CC.CC(=O)CCCNC(C)=O.Cc1ccc(Oc2ccc(Cl)cc2Cl)cc1. The van der Waals surface area contributed by atoms with Gasteiger partial charge in [0.15, 0.2) is 0 Å². The molecule has 0 atom stereocenters. The standard InChI is InChI=1S/C13H10Cl2O.C7H13NO2.2C2H6/c1-9-2-5-11(6-3-9)16-13-7-4-10(14)8-12(13)15;1-6(9)4-3-5-8-7(2)10;2*1-2/h2-8H,1H3;3-5H2,1-2H3,(H,8,10);2*1-2H3. The molecular formula is C24H35Cl2NO3. The van der Waals surface area contributed by atoms with Gasteiger partial charge in [-0.25, -0.2) is 0 Å². The number of Topliss-reactive ketones (excluding diaryl/α,β-unsaturated/α-hetero) is 1. The van der Waals surface area contributed by atoms with E-state index < -0.39 is 0 Å². The molecule has 1 amide bonds. The molecule has 6 heteroatoms. The highest BCUT2D eigenvalue weighted by molar-refractivity contribution is 6.35. The van der Waals surface area contributed by atoms with Crippen molar-refractivity contribution in [1.82, 2.24) is 5.32 Å². The first-order valence-corrected chi connectivity index (χ1v) is 11.0. The highest BCUT2D eigenvalue weighted by Crippen LogP contribution is 2.31. The van der Waals surface area contributed by atoms with Gasteiger partial charge in [0.1, 0.15) is 17.3 Å². The number of carbonyl (C=O) groups is 2. The molecule has 168 valence electrons. The average molecular weight is 456 g/mol. The molecule has 0 saturated heterocycles. The molecule has 0 saturated carbocycles. The smallest absolute Gasteiger partial charge is 0.216 e. The number of carbonyl (C=O) groups excluding carboxylic acids is 2. The number of halogens is 2. The number of hydrogen-bond donors (Lipinski definition) is 1. The van der Waals surface area contributed by atoms with Crippen molar-refractivity contribution in [2.75, 3.05) is 6.54 Å². The maximum atomic E-state index is 10.4. The minimum absolute atomic E-state index is 0.0384. The van der Waals surface area contributed by atoms with Gasteiger partial charge in [0.25, 0.3) is 0 Å². The van der Waals surface area contributed by atoms with E-state index in [1.54, 1.807) is 25.1 Å². The molecule has 0 aliphatic rings. The number of ether oxygens (including phenoxy) is 1. The van der Waals surface area contributed by atoms with E-state index in [0.717, 1.165) is 12.2 Å². The molecule has 0 radical (unpaired) electrons. The maximum absolute atomic E-state index is 10.4. The lowest BCUT2D eigenvalue weighted by molar-refractivity contribution is -0.120. The highest BCUT2D eigenvalue weighted by Gasteiger charge is 2.03. The third-order valence-corrected chi connectivity index (χ3v) is 3.75. The molecule has 1 N–H and O–H groups in total. The second-order valence-corrected chi connectivity index (χ2v) is 6.62. The Hall–Kier alpha value is -2.04. The quantitative estimate of drug-likeness (QED) is 0.455. The molecule has 4 nitrogen and oxygen atoms in total. The van der Waals surface area contributed by atoms with E-state index in [2.05, 4.69) is 5.32 Å². The Morgan fingerprint density at radius 3 is 1.97 bits per heavy atom. The summed E-state index contributed by atoms with van der Waals surface area (Å²) in [5.74, 6) is 1.50. The van der Waals surface area contributed by atoms with E-state index in [4.69, 9.17) is 27.9 Å². The third-order valence-electron chi connectivity index (χ3n) is 3.22. The normalized spacial score (nSPS) is 8.83. The van der Waals surface area contributed by atoms with Gasteiger partial charge in [-0.05, 0) is 50.6 Å². The fourth-order valence-corrected chi connectivity index (χ4v) is 2.34. The van der Waals surface area contributed by atoms with Gasteiger partial charge in [-0.3, -0.25) is 4.79 Å². The highest BCUT2D eigenvalue weighted by atomic mass is 35.5. The van der Waals surface area contributed by atoms with E-state index in [1.165, 1.54) is 12.5 Å². The van der Waals surface area contributed by atoms with Crippen molar-refractivity contribution in [1.29, 1.82) is 0 Å². The fraction of sp³-hybridized carbons (Fsp3) is 0.417. The molecule has 0 aliphatic carbocycles. The van der Waals surface area contributed by atoms with Crippen LogP contribution < -0.4 is 10.1 Å². The number of nitrogens with one attached hydrogen (secondary N) is 1.